The van der Waals surface area contributed by atoms with E-state index in [0.29, 0.717) is 5.54 Å². The van der Waals surface area contributed by atoms with Crippen molar-refractivity contribution >= 4 is 0 Å². The third-order valence-electron chi connectivity index (χ3n) is 2.83. The van der Waals surface area contributed by atoms with E-state index in [1.165, 1.54) is 19.4 Å². The van der Waals surface area contributed by atoms with E-state index < -0.39 is 0 Å². The summed E-state index contributed by atoms with van der Waals surface area (Å²) in [6.07, 6.45) is 2.60. The van der Waals surface area contributed by atoms with Crippen molar-refractivity contribution in [3.8, 4) is 0 Å². The standard InChI is InChI=1S/C11H25N/c1-7-10(8-2)9-12(6)11(3,4)5/h10H,7-9H2,1-6H3. The van der Waals surface area contributed by atoms with E-state index in [0.717, 1.165) is 5.92 Å². The van der Waals surface area contributed by atoms with Gasteiger partial charge in [0.2, 0.25) is 0 Å². The summed E-state index contributed by atoms with van der Waals surface area (Å²) in [6.45, 7) is 12.6. The summed E-state index contributed by atoms with van der Waals surface area (Å²) in [4.78, 5) is 2.45. The fraction of sp³-hybridized carbons (Fsp3) is 1.00. The average molecular weight is 171 g/mol. The van der Waals surface area contributed by atoms with Crippen LogP contribution in [-0.2, 0) is 0 Å². The number of hydrogen-bond donors (Lipinski definition) is 0. The smallest absolute Gasteiger partial charge is 0.0122 e. The van der Waals surface area contributed by atoms with E-state index in [4.69, 9.17) is 0 Å². The second-order valence-corrected chi connectivity index (χ2v) is 4.73. The van der Waals surface area contributed by atoms with Crippen molar-refractivity contribution in [2.45, 2.75) is 53.0 Å². The first-order valence-corrected chi connectivity index (χ1v) is 5.13. The van der Waals surface area contributed by atoms with Gasteiger partial charge in [0.05, 0.1) is 0 Å². The van der Waals surface area contributed by atoms with Crippen LogP contribution in [-0.4, -0.2) is 24.0 Å². The highest BCUT2D eigenvalue weighted by molar-refractivity contribution is 4.74. The van der Waals surface area contributed by atoms with Crippen LogP contribution in [0.1, 0.15) is 47.5 Å². The lowest BCUT2D eigenvalue weighted by Crippen LogP contribution is -2.40. The Morgan fingerprint density at radius 3 is 1.75 bits per heavy atom. The van der Waals surface area contributed by atoms with Gasteiger partial charge in [-0.05, 0) is 33.7 Å². The SMILES string of the molecule is CCC(CC)CN(C)C(C)(C)C. The molecule has 12 heavy (non-hydrogen) atoms. The predicted molar refractivity (Wildman–Crippen MR) is 56.5 cm³/mol. The van der Waals surface area contributed by atoms with Gasteiger partial charge >= 0.3 is 0 Å². The van der Waals surface area contributed by atoms with Gasteiger partial charge in [0.15, 0.2) is 0 Å². The van der Waals surface area contributed by atoms with Gasteiger partial charge in [-0.15, -0.1) is 0 Å². The van der Waals surface area contributed by atoms with E-state index >= 15 is 0 Å². The summed E-state index contributed by atoms with van der Waals surface area (Å²) < 4.78 is 0. The minimum absolute atomic E-state index is 0.322. The molecule has 0 N–H and O–H groups in total. The third kappa shape index (κ3) is 4.10. The lowest BCUT2D eigenvalue weighted by atomic mass is 9.99. The molecule has 0 aliphatic rings. The van der Waals surface area contributed by atoms with Gasteiger partial charge in [-0.1, -0.05) is 26.7 Å². The lowest BCUT2D eigenvalue weighted by molar-refractivity contribution is 0.145. The van der Waals surface area contributed by atoms with E-state index in [9.17, 15) is 0 Å². The third-order valence-corrected chi connectivity index (χ3v) is 2.83. The van der Waals surface area contributed by atoms with E-state index in [1.54, 1.807) is 0 Å². The van der Waals surface area contributed by atoms with Crippen LogP contribution in [0.15, 0.2) is 0 Å². The Bertz CT molecular complexity index is 109. The Kier molecular flexibility index (Phi) is 4.84. The maximum atomic E-state index is 2.45. The molecule has 0 amide bonds. The number of rotatable bonds is 4. The Balaban J connectivity index is 3.90. The first-order chi connectivity index (χ1) is 5.41. The van der Waals surface area contributed by atoms with Crippen LogP contribution in [0.2, 0.25) is 0 Å². The molecule has 0 spiro atoms. The monoisotopic (exact) mass is 171 g/mol. The first kappa shape index (κ1) is 12.0. The van der Waals surface area contributed by atoms with Gasteiger partial charge in [-0.3, -0.25) is 0 Å². The fourth-order valence-corrected chi connectivity index (χ4v) is 1.21. The molecule has 0 aromatic carbocycles. The molecule has 74 valence electrons. The van der Waals surface area contributed by atoms with Crippen LogP contribution >= 0.6 is 0 Å². The molecule has 0 atom stereocenters. The van der Waals surface area contributed by atoms with Gasteiger partial charge in [-0.25, -0.2) is 0 Å². The molecule has 1 heteroatoms. The molecule has 0 heterocycles. The molecule has 1 nitrogen and oxygen atoms in total. The van der Waals surface area contributed by atoms with Gasteiger partial charge in [0.1, 0.15) is 0 Å². The zero-order chi connectivity index (χ0) is 9.78. The highest BCUT2D eigenvalue weighted by Crippen LogP contribution is 2.16. The van der Waals surface area contributed by atoms with Crippen molar-refractivity contribution in [3.63, 3.8) is 0 Å². The van der Waals surface area contributed by atoms with Crippen LogP contribution in [0, 0.1) is 5.92 Å². The van der Waals surface area contributed by atoms with Crippen molar-refractivity contribution in [2.75, 3.05) is 13.6 Å². The molecule has 0 aromatic rings. The van der Waals surface area contributed by atoms with Crippen LogP contribution in [0.3, 0.4) is 0 Å². The molecule has 0 rings (SSSR count). The Morgan fingerprint density at radius 1 is 1.08 bits per heavy atom. The molecule has 0 radical (unpaired) electrons. The maximum absolute atomic E-state index is 2.45. The molecule has 0 saturated carbocycles. The predicted octanol–water partition coefficient (Wildman–Crippen LogP) is 3.15. The molecule has 0 unspecified atom stereocenters. The van der Waals surface area contributed by atoms with Crippen molar-refractivity contribution in [3.05, 3.63) is 0 Å². The molecule has 0 aliphatic carbocycles. The molecule has 0 aromatic heterocycles. The Labute approximate surface area is 78.1 Å². The zero-order valence-corrected chi connectivity index (χ0v) is 9.65. The summed E-state index contributed by atoms with van der Waals surface area (Å²) in [7, 11) is 2.22. The Hall–Kier alpha value is -0.0400. The highest BCUT2D eigenvalue weighted by Gasteiger charge is 2.18. The molecule has 0 saturated heterocycles. The normalized spacial score (nSPS) is 13.0. The fourth-order valence-electron chi connectivity index (χ4n) is 1.21. The van der Waals surface area contributed by atoms with E-state index in [1.807, 2.05) is 0 Å². The van der Waals surface area contributed by atoms with Crippen LogP contribution in [0.25, 0.3) is 0 Å². The van der Waals surface area contributed by atoms with E-state index in [2.05, 4.69) is 46.6 Å². The maximum Gasteiger partial charge on any atom is 0.0122 e. The minimum atomic E-state index is 0.322. The van der Waals surface area contributed by atoms with Crippen molar-refractivity contribution in [1.29, 1.82) is 0 Å². The molecular formula is C11H25N. The van der Waals surface area contributed by atoms with Crippen molar-refractivity contribution in [2.24, 2.45) is 5.92 Å². The quantitative estimate of drug-likeness (QED) is 0.628. The number of nitrogens with zero attached hydrogens (tertiary/aromatic N) is 1. The van der Waals surface area contributed by atoms with Crippen molar-refractivity contribution in [1.82, 2.24) is 4.90 Å². The lowest BCUT2D eigenvalue weighted by Gasteiger charge is -2.34. The van der Waals surface area contributed by atoms with E-state index in [-0.39, 0.29) is 0 Å². The first-order valence-electron chi connectivity index (χ1n) is 5.13. The van der Waals surface area contributed by atoms with Gasteiger partial charge < -0.3 is 4.90 Å². The summed E-state index contributed by atoms with van der Waals surface area (Å²) in [5, 5.41) is 0. The molecule has 0 aliphatic heterocycles. The summed E-state index contributed by atoms with van der Waals surface area (Å²) in [6, 6.07) is 0. The molecule has 0 fully saturated rings. The molecular weight excluding hydrogens is 146 g/mol. The zero-order valence-electron chi connectivity index (χ0n) is 9.65. The van der Waals surface area contributed by atoms with Gasteiger partial charge in [0.25, 0.3) is 0 Å². The minimum Gasteiger partial charge on any atom is -0.301 e. The second-order valence-electron chi connectivity index (χ2n) is 4.73. The molecule has 0 bridgehead atoms. The summed E-state index contributed by atoms with van der Waals surface area (Å²) in [5.74, 6) is 0.870. The van der Waals surface area contributed by atoms with Crippen molar-refractivity contribution < 1.29 is 0 Å². The summed E-state index contributed by atoms with van der Waals surface area (Å²) >= 11 is 0. The van der Waals surface area contributed by atoms with Gasteiger partial charge in [0, 0.05) is 12.1 Å². The van der Waals surface area contributed by atoms with Crippen LogP contribution in [0.4, 0.5) is 0 Å². The topological polar surface area (TPSA) is 3.24 Å². The number of hydrogen-bond acceptors (Lipinski definition) is 1. The second kappa shape index (κ2) is 4.86. The van der Waals surface area contributed by atoms with Crippen LogP contribution in [0.5, 0.6) is 0 Å². The van der Waals surface area contributed by atoms with Gasteiger partial charge in [-0.2, -0.15) is 0 Å². The average Bonchev–Trinajstić information content (AvgIpc) is 1.97. The highest BCUT2D eigenvalue weighted by atomic mass is 15.2. The summed E-state index contributed by atoms with van der Waals surface area (Å²) in [5.41, 5.74) is 0.322. The largest absolute Gasteiger partial charge is 0.301 e. The van der Waals surface area contributed by atoms with Crippen LogP contribution < -0.4 is 0 Å². The Morgan fingerprint density at radius 2 is 1.50 bits per heavy atom.